The Hall–Kier alpha value is -1.91. The molecular weight excluding hydrogens is 290 g/mol. The first kappa shape index (κ1) is 15.5. The van der Waals surface area contributed by atoms with Gasteiger partial charge in [0.05, 0.1) is 7.11 Å². The lowest BCUT2D eigenvalue weighted by molar-refractivity contribution is 0.215. The smallest absolute Gasteiger partial charge is 0.124 e. The van der Waals surface area contributed by atoms with E-state index in [9.17, 15) is 0 Å². The molecule has 0 saturated carbocycles. The summed E-state index contributed by atoms with van der Waals surface area (Å²) in [4.78, 5) is 0. The molecule has 2 aromatic rings. The van der Waals surface area contributed by atoms with Gasteiger partial charge in [0.25, 0.3) is 0 Å². The third kappa shape index (κ3) is 4.55. The molecule has 5 heteroatoms. The molecule has 0 unspecified atom stereocenters. The molecule has 0 aliphatic heterocycles. The Labute approximate surface area is 129 Å². The Kier molecular flexibility index (Phi) is 5.72. The third-order valence-electron chi connectivity index (χ3n) is 2.89. The Morgan fingerprint density at radius 1 is 1.00 bits per heavy atom. The van der Waals surface area contributed by atoms with E-state index in [1.54, 1.807) is 19.2 Å². The van der Waals surface area contributed by atoms with Crippen LogP contribution in [0.2, 0.25) is 5.02 Å². The van der Waals surface area contributed by atoms with E-state index in [1.807, 2.05) is 30.3 Å². The lowest BCUT2D eigenvalue weighted by Gasteiger charge is -2.12. The number of methoxy groups -OCH3 is 1. The molecule has 0 saturated heterocycles. The summed E-state index contributed by atoms with van der Waals surface area (Å²) in [7, 11) is 1.62. The molecule has 0 amide bonds. The molecule has 2 rings (SSSR count). The lowest BCUT2D eigenvalue weighted by atomic mass is 10.2. The normalized spacial score (nSPS) is 10.2. The number of ether oxygens (including phenoxy) is 3. The number of rotatable bonds is 7. The summed E-state index contributed by atoms with van der Waals surface area (Å²) >= 11 is 5.92. The first-order chi connectivity index (χ1) is 10.2. The van der Waals surface area contributed by atoms with Gasteiger partial charge >= 0.3 is 0 Å². The first-order valence-electron chi connectivity index (χ1n) is 6.61. The molecule has 0 spiro atoms. The first-order valence-corrected chi connectivity index (χ1v) is 6.99. The number of hydrogen-bond acceptors (Lipinski definition) is 4. The molecule has 0 aliphatic carbocycles. The average molecular weight is 308 g/mol. The van der Waals surface area contributed by atoms with E-state index in [-0.39, 0.29) is 0 Å². The van der Waals surface area contributed by atoms with Crippen molar-refractivity contribution in [2.45, 2.75) is 6.54 Å². The van der Waals surface area contributed by atoms with Crippen LogP contribution in [0, 0.1) is 0 Å². The van der Waals surface area contributed by atoms with Gasteiger partial charge in [-0.15, -0.1) is 0 Å². The van der Waals surface area contributed by atoms with Crippen LogP contribution in [-0.2, 0) is 6.54 Å². The van der Waals surface area contributed by atoms with E-state index in [4.69, 9.17) is 31.5 Å². The van der Waals surface area contributed by atoms with Gasteiger partial charge in [0, 0.05) is 23.2 Å². The maximum atomic E-state index is 5.92. The second-order valence-electron chi connectivity index (χ2n) is 4.33. The molecule has 21 heavy (non-hydrogen) atoms. The van der Waals surface area contributed by atoms with Crippen LogP contribution in [0.4, 0.5) is 0 Å². The topological polar surface area (TPSA) is 53.7 Å². The Morgan fingerprint density at radius 3 is 2.52 bits per heavy atom. The molecule has 0 heterocycles. The van der Waals surface area contributed by atoms with E-state index in [2.05, 4.69) is 0 Å². The SMILES string of the molecule is COc1cccc(OCCOc2ccc(Cl)cc2CN)c1. The molecule has 2 aromatic carbocycles. The standard InChI is InChI=1S/C16H18ClNO3/c1-19-14-3-2-4-15(10-14)20-7-8-21-16-6-5-13(17)9-12(16)11-18/h2-6,9-10H,7-8,11,18H2,1H3. The van der Waals surface area contributed by atoms with Gasteiger partial charge in [-0.2, -0.15) is 0 Å². The van der Waals surface area contributed by atoms with Gasteiger partial charge in [-0.1, -0.05) is 17.7 Å². The maximum Gasteiger partial charge on any atom is 0.124 e. The number of halogens is 1. The number of nitrogens with two attached hydrogens (primary N) is 1. The van der Waals surface area contributed by atoms with Crippen molar-refractivity contribution in [2.75, 3.05) is 20.3 Å². The molecule has 0 atom stereocenters. The van der Waals surface area contributed by atoms with Gasteiger partial charge in [0.15, 0.2) is 0 Å². The van der Waals surface area contributed by atoms with Gasteiger partial charge in [0.2, 0.25) is 0 Å². The Balaban J connectivity index is 1.84. The quantitative estimate of drug-likeness (QED) is 0.798. The van der Waals surface area contributed by atoms with Crippen LogP contribution in [0.3, 0.4) is 0 Å². The van der Waals surface area contributed by atoms with Gasteiger partial charge in [-0.25, -0.2) is 0 Å². The van der Waals surface area contributed by atoms with Crippen LogP contribution in [-0.4, -0.2) is 20.3 Å². The Bertz CT molecular complexity index is 589. The highest BCUT2D eigenvalue weighted by molar-refractivity contribution is 6.30. The summed E-state index contributed by atoms with van der Waals surface area (Å²) in [6.07, 6.45) is 0. The lowest BCUT2D eigenvalue weighted by Crippen LogP contribution is -2.11. The zero-order chi connectivity index (χ0) is 15.1. The molecule has 2 N–H and O–H groups in total. The number of benzene rings is 2. The van der Waals surface area contributed by atoms with E-state index in [0.717, 1.165) is 22.8 Å². The minimum absolute atomic E-state index is 0.382. The van der Waals surface area contributed by atoms with E-state index in [1.165, 1.54) is 0 Å². The zero-order valence-electron chi connectivity index (χ0n) is 11.8. The zero-order valence-corrected chi connectivity index (χ0v) is 12.6. The van der Waals surface area contributed by atoms with Crippen molar-refractivity contribution in [2.24, 2.45) is 5.73 Å². The van der Waals surface area contributed by atoms with Crippen LogP contribution >= 0.6 is 11.6 Å². The van der Waals surface area contributed by atoms with Crippen molar-refractivity contribution >= 4 is 11.6 Å². The van der Waals surface area contributed by atoms with Crippen molar-refractivity contribution in [3.63, 3.8) is 0 Å². The monoisotopic (exact) mass is 307 g/mol. The van der Waals surface area contributed by atoms with Crippen LogP contribution < -0.4 is 19.9 Å². The fourth-order valence-electron chi connectivity index (χ4n) is 1.85. The summed E-state index contributed by atoms with van der Waals surface area (Å²) in [5, 5.41) is 0.649. The second-order valence-corrected chi connectivity index (χ2v) is 4.77. The fraction of sp³-hybridized carbons (Fsp3) is 0.250. The van der Waals surface area contributed by atoms with Crippen LogP contribution in [0.25, 0.3) is 0 Å². The predicted octanol–water partition coefficient (Wildman–Crippen LogP) is 3.27. The summed E-state index contributed by atoms with van der Waals surface area (Å²) in [5.74, 6) is 2.24. The molecule has 0 fully saturated rings. The Morgan fingerprint density at radius 2 is 1.76 bits per heavy atom. The van der Waals surface area contributed by atoms with Gasteiger partial charge in [0.1, 0.15) is 30.5 Å². The summed E-state index contributed by atoms with van der Waals surface area (Å²) in [6.45, 7) is 1.23. The molecule has 0 aromatic heterocycles. The van der Waals surface area contributed by atoms with Crippen LogP contribution in [0.1, 0.15) is 5.56 Å². The van der Waals surface area contributed by atoms with E-state index >= 15 is 0 Å². The minimum Gasteiger partial charge on any atom is -0.497 e. The molecular formula is C16H18ClNO3. The van der Waals surface area contributed by atoms with Crippen molar-refractivity contribution in [3.05, 3.63) is 53.1 Å². The summed E-state index contributed by atoms with van der Waals surface area (Å²) < 4.78 is 16.4. The average Bonchev–Trinajstić information content (AvgIpc) is 2.52. The van der Waals surface area contributed by atoms with Gasteiger partial charge < -0.3 is 19.9 Å². The number of hydrogen-bond donors (Lipinski definition) is 1. The molecule has 4 nitrogen and oxygen atoms in total. The van der Waals surface area contributed by atoms with Crippen molar-refractivity contribution < 1.29 is 14.2 Å². The van der Waals surface area contributed by atoms with Gasteiger partial charge in [-0.05, 0) is 30.3 Å². The molecule has 0 bridgehead atoms. The van der Waals surface area contributed by atoms with Crippen molar-refractivity contribution in [1.29, 1.82) is 0 Å². The van der Waals surface area contributed by atoms with Gasteiger partial charge in [-0.3, -0.25) is 0 Å². The second kappa shape index (κ2) is 7.76. The van der Waals surface area contributed by atoms with Crippen LogP contribution in [0.5, 0.6) is 17.2 Å². The summed E-state index contributed by atoms with van der Waals surface area (Å²) in [5.41, 5.74) is 6.54. The fourth-order valence-corrected chi connectivity index (χ4v) is 2.05. The third-order valence-corrected chi connectivity index (χ3v) is 3.13. The van der Waals surface area contributed by atoms with Crippen LogP contribution in [0.15, 0.2) is 42.5 Å². The predicted molar refractivity (Wildman–Crippen MR) is 83.3 cm³/mol. The molecule has 0 radical (unpaired) electrons. The largest absolute Gasteiger partial charge is 0.497 e. The minimum atomic E-state index is 0.382. The highest BCUT2D eigenvalue weighted by atomic mass is 35.5. The van der Waals surface area contributed by atoms with Crippen molar-refractivity contribution in [3.8, 4) is 17.2 Å². The summed E-state index contributed by atoms with van der Waals surface area (Å²) in [6, 6.07) is 12.8. The van der Waals surface area contributed by atoms with Crippen molar-refractivity contribution in [1.82, 2.24) is 0 Å². The van der Waals surface area contributed by atoms with E-state index < -0.39 is 0 Å². The highest BCUT2D eigenvalue weighted by Crippen LogP contribution is 2.23. The molecule has 112 valence electrons. The highest BCUT2D eigenvalue weighted by Gasteiger charge is 2.03. The van der Waals surface area contributed by atoms with E-state index in [0.29, 0.717) is 24.8 Å². The maximum absolute atomic E-state index is 5.92. The molecule has 0 aliphatic rings.